The summed E-state index contributed by atoms with van der Waals surface area (Å²) in [7, 11) is 1.41. The van der Waals surface area contributed by atoms with Crippen molar-refractivity contribution >= 4 is 34.8 Å². The van der Waals surface area contributed by atoms with E-state index in [-0.39, 0.29) is 16.3 Å². The van der Waals surface area contributed by atoms with Crippen molar-refractivity contribution in [2.75, 3.05) is 7.05 Å². The summed E-state index contributed by atoms with van der Waals surface area (Å²) in [6.07, 6.45) is 5.52. The molecule has 0 spiro atoms. The van der Waals surface area contributed by atoms with Gasteiger partial charge in [0.05, 0.1) is 10.7 Å². The van der Waals surface area contributed by atoms with Crippen LogP contribution < -0.4 is 10.8 Å². The first-order valence-corrected chi connectivity index (χ1v) is 6.28. The second kappa shape index (κ2) is 6.34. The van der Waals surface area contributed by atoms with Crippen LogP contribution in [0.2, 0.25) is 0 Å². The maximum atomic E-state index is 11.8. The third kappa shape index (κ3) is 3.06. The van der Waals surface area contributed by atoms with Gasteiger partial charge in [0.2, 0.25) is 5.91 Å². The number of nitrogens with one attached hydrogen (secondary N) is 3. The normalized spacial score (nSPS) is 18.5. The first-order valence-electron chi connectivity index (χ1n) is 5.52. The maximum Gasteiger partial charge on any atom is 0.248 e. The van der Waals surface area contributed by atoms with Gasteiger partial charge in [0.1, 0.15) is 0 Å². The molecule has 0 heterocycles. The fourth-order valence-corrected chi connectivity index (χ4v) is 2.00. The Labute approximate surface area is 121 Å². The highest BCUT2D eigenvalue weighted by Gasteiger charge is 2.39. The molecule has 1 rings (SSSR count). The van der Waals surface area contributed by atoms with Crippen molar-refractivity contribution in [1.82, 2.24) is 10.8 Å². The molecule has 1 aliphatic rings. The van der Waals surface area contributed by atoms with Crippen molar-refractivity contribution in [3.63, 3.8) is 0 Å². The van der Waals surface area contributed by atoms with Crippen LogP contribution in [-0.2, 0) is 4.79 Å². The van der Waals surface area contributed by atoms with E-state index in [9.17, 15) is 10.0 Å². The number of allylic oxidation sites excluding steroid dienone is 5. The second-order valence-corrected chi connectivity index (χ2v) is 4.96. The largest absolute Gasteiger partial charge is 0.357 e. The number of rotatable bonds is 4. The van der Waals surface area contributed by atoms with Gasteiger partial charge < -0.3 is 15.9 Å². The Kier molecular flexibility index (Phi) is 5.31. The van der Waals surface area contributed by atoms with E-state index in [4.69, 9.17) is 28.6 Å². The van der Waals surface area contributed by atoms with Crippen LogP contribution in [0, 0.1) is 5.41 Å². The predicted octanol–water partition coefficient (Wildman–Crippen LogP) is 2.07. The number of carbonyl (C=O) groups excluding carboxylic acids is 1. The minimum Gasteiger partial charge on any atom is -0.357 e. The zero-order valence-electron chi connectivity index (χ0n) is 10.6. The van der Waals surface area contributed by atoms with E-state index < -0.39 is 11.4 Å². The molecule has 1 aliphatic carbocycles. The molecule has 0 aromatic heterocycles. The van der Waals surface area contributed by atoms with Crippen LogP contribution in [0.1, 0.15) is 13.3 Å². The molecule has 0 bridgehead atoms. The third-order valence-corrected chi connectivity index (χ3v) is 3.72. The monoisotopic (exact) mass is 303 g/mol. The molecule has 1 amide bonds. The van der Waals surface area contributed by atoms with Crippen LogP contribution in [0.5, 0.6) is 0 Å². The van der Waals surface area contributed by atoms with Crippen LogP contribution in [-0.4, -0.2) is 29.4 Å². The molecule has 1 unspecified atom stereocenters. The van der Waals surface area contributed by atoms with Gasteiger partial charge in [0.25, 0.3) is 0 Å². The lowest BCUT2D eigenvalue weighted by molar-refractivity contribution is -0.127. The quantitative estimate of drug-likeness (QED) is 0.474. The summed E-state index contributed by atoms with van der Waals surface area (Å²) in [5, 5.41) is 20.3. The minimum absolute atomic E-state index is 0.177. The highest BCUT2D eigenvalue weighted by Crippen LogP contribution is 2.30. The molecule has 5 nitrogen and oxygen atoms in total. The molecule has 1 atom stereocenters. The number of carbonyl (C=O) groups is 1. The summed E-state index contributed by atoms with van der Waals surface area (Å²) in [6.45, 7) is 1.38. The maximum absolute atomic E-state index is 11.8. The van der Waals surface area contributed by atoms with Gasteiger partial charge in [0.15, 0.2) is 5.54 Å². The molecule has 104 valence electrons. The van der Waals surface area contributed by atoms with E-state index in [1.54, 1.807) is 18.2 Å². The van der Waals surface area contributed by atoms with Crippen LogP contribution in [0.15, 0.2) is 33.9 Å². The van der Waals surface area contributed by atoms with Crippen molar-refractivity contribution in [2.45, 2.75) is 18.9 Å². The lowest BCUT2D eigenvalue weighted by atomic mass is 9.89. The van der Waals surface area contributed by atoms with E-state index >= 15 is 0 Å². The van der Waals surface area contributed by atoms with E-state index in [2.05, 4.69) is 5.32 Å². The fourth-order valence-electron chi connectivity index (χ4n) is 1.58. The van der Waals surface area contributed by atoms with E-state index in [1.807, 2.05) is 5.48 Å². The first-order chi connectivity index (χ1) is 8.88. The van der Waals surface area contributed by atoms with Gasteiger partial charge in [0, 0.05) is 24.1 Å². The van der Waals surface area contributed by atoms with Crippen molar-refractivity contribution in [3.05, 3.63) is 33.9 Å². The number of amides is 1. The Morgan fingerprint density at radius 1 is 1.53 bits per heavy atom. The number of hydroxylamine groups is 1. The molecule has 0 aliphatic heterocycles. The molecule has 0 aromatic carbocycles. The van der Waals surface area contributed by atoms with Crippen LogP contribution >= 0.6 is 23.2 Å². The van der Waals surface area contributed by atoms with E-state index in [1.165, 1.54) is 14.0 Å². The predicted molar refractivity (Wildman–Crippen MR) is 75.7 cm³/mol. The molecule has 0 saturated carbocycles. The van der Waals surface area contributed by atoms with Gasteiger partial charge in [-0.2, -0.15) is 5.48 Å². The number of hydrogen-bond donors (Lipinski definition) is 4. The lowest BCUT2D eigenvalue weighted by Gasteiger charge is -2.28. The number of hydrogen-bond acceptors (Lipinski definition) is 4. The van der Waals surface area contributed by atoms with Gasteiger partial charge in [-0.3, -0.25) is 4.79 Å². The molecule has 19 heavy (non-hydrogen) atoms. The zero-order chi connectivity index (χ0) is 14.6. The fraction of sp³-hybridized carbons (Fsp3) is 0.333. The second-order valence-electron chi connectivity index (χ2n) is 4.12. The summed E-state index contributed by atoms with van der Waals surface area (Å²) in [4.78, 5) is 11.8. The molecule has 0 fully saturated rings. The Hall–Kier alpha value is -1.14. The van der Waals surface area contributed by atoms with Crippen molar-refractivity contribution in [3.8, 4) is 0 Å². The molecule has 0 saturated heterocycles. The van der Waals surface area contributed by atoms with Gasteiger partial charge in [-0.1, -0.05) is 41.4 Å². The van der Waals surface area contributed by atoms with E-state index in [0.29, 0.717) is 11.5 Å². The highest BCUT2D eigenvalue weighted by atomic mass is 35.5. The van der Waals surface area contributed by atoms with Gasteiger partial charge >= 0.3 is 0 Å². The molecule has 4 N–H and O–H groups in total. The third-order valence-electron chi connectivity index (χ3n) is 2.84. The van der Waals surface area contributed by atoms with Crippen molar-refractivity contribution < 1.29 is 10.0 Å². The topological polar surface area (TPSA) is 85.2 Å². The van der Waals surface area contributed by atoms with Crippen LogP contribution in [0.4, 0.5) is 0 Å². The SMILES string of the molecule is CNC(=O)C(C)(NO)C(=N)C1=CC=CCC(Cl)=C1Cl. The molecule has 0 radical (unpaired) electrons. The van der Waals surface area contributed by atoms with Crippen LogP contribution in [0.3, 0.4) is 0 Å². The first kappa shape index (κ1) is 15.9. The summed E-state index contributed by atoms with van der Waals surface area (Å²) < 4.78 is 0. The summed E-state index contributed by atoms with van der Waals surface area (Å²) in [6, 6.07) is 0. The zero-order valence-corrected chi connectivity index (χ0v) is 12.1. The average molecular weight is 304 g/mol. The number of likely N-dealkylation sites (N-methyl/N-ethyl adjacent to an activating group) is 1. The van der Waals surface area contributed by atoms with E-state index in [0.717, 1.165) is 0 Å². The number of halogens is 2. The lowest BCUT2D eigenvalue weighted by Crippen LogP contribution is -2.58. The Balaban J connectivity index is 3.25. The standard InChI is InChI=1S/C12H15Cl2N3O2/c1-12(17-19,11(18)16-2)10(15)7-5-3-4-6-8(13)9(7)14/h3-5,15,17,19H,6H2,1-2H3,(H,16,18). The van der Waals surface area contributed by atoms with Crippen LogP contribution in [0.25, 0.3) is 0 Å². The Bertz CT molecular complexity index is 497. The van der Waals surface area contributed by atoms with Crippen molar-refractivity contribution in [1.29, 1.82) is 5.41 Å². The minimum atomic E-state index is -1.62. The summed E-state index contributed by atoms with van der Waals surface area (Å²) in [5.74, 6) is -0.560. The molecule has 7 heteroatoms. The van der Waals surface area contributed by atoms with Gasteiger partial charge in [-0.05, 0) is 6.92 Å². The van der Waals surface area contributed by atoms with Gasteiger partial charge in [-0.15, -0.1) is 0 Å². The van der Waals surface area contributed by atoms with Crippen molar-refractivity contribution in [2.24, 2.45) is 0 Å². The average Bonchev–Trinajstić information content (AvgIpc) is 2.59. The highest BCUT2D eigenvalue weighted by molar-refractivity contribution is 6.44. The smallest absolute Gasteiger partial charge is 0.248 e. The molecular weight excluding hydrogens is 289 g/mol. The van der Waals surface area contributed by atoms with Gasteiger partial charge in [-0.25, -0.2) is 0 Å². The molecular formula is C12H15Cl2N3O2. The summed E-state index contributed by atoms with van der Waals surface area (Å²) in [5.41, 5.74) is 0.350. The molecule has 0 aromatic rings. The Morgan fingerprint density at radius 2 is 2.16 bits per heavy atom. The summed E-state index contributed by atoms with van der Waals surface area (Å²) >= 11 is 12.1. The Morgan fingerprint density at radius 3 is 2.68 bits per heavy atom.